The Kier molecular flexibility index (Phi) is 7.12. The Morgan fingerprint density at radius 3 is 2.50 bits per heavy atom. The minimum Gasteiger partial charge on any atom is -0.465 e. The van der Waals surface area contributed by atoms with Gasteiger partial charge < -0.3 is 15.4 Å². The smallest absolute Gasteiger partial charge is 0.339 e. The summed E-state index contributed by atoms with van der Waals surface area (Å²) in [5.74, 6) is 0.377. The summed E-state index contributed by atoms with van der Waals surface area (Å²) < 4.78 is 4.61. The van der Waals surface area contributed by atoms with E-state index in [-0.39, 0.29) is 18.3 Å². The molecular weight excluding hydrogens is 354 g/mol. The summed E-state index contributed by atoms with van der Waals surface area (Å²) in [7, 11) is 1.31. The number of benzene rings is 1. The first-order valence-corrected chi connectivity index (χ1v) is 8.31. The molecule has 26 heavy (non-hydrogen) atoms. The molecule has 1 aliphatic heterocycles. The summed E-state index contributed by atoms with van der Waals surface area (Å²) in [6, 6.07) is 10.8. The highest BCUT2D eigenvalue weighted by Crippen LogP contribution is 2.16. The van der Waals surface area contributed by atoms with Crippen molar-refractivity contribution in [3.05, 3.63) is 59.3 Å². The molecule has 6 nitrogen and oxygen atoms in total. The Morgan fingerprint density at radius 1 is 1.19 bits per heavy atom. The summed E-state index contributed by atoms with van der Waals surface area (Å²) in [5, 5.41) is 6.09. The Bertz CT molecular complexity index is 742. The number of hydrogen-bond acceptors (Lipinski definition) is 5. The van der Waals surface area contributed by atoms with Gasteiger partial charge >= 0.3 is 5.97 Å². The molecule has 0 bridgehead atoms. The highest BCUT2D eigenvalue weighted by molar-refractivity contribution is 6.03. The van der Waals surface area contributed by atoms with Crippen molar-refractivity contribution in [1.82, 2.24) is 10.3 Å². The molecule has 2 N–H and O–H groups in total. The van der Waals surface area contributed by atoms with Gasteiger partial charge in [0, 0.05) is 11.8 Å². The molecule has 2 heterocycles. The Morgan fingerprint density at radius 2 is 1.92 bits per heavy atom. The Hall–Kier alpha value is -2.44. The number of aromatic nitrogens is 1. The third kappa shape index (κ3) is 5.03. The van der Waals surface area contributed by atoms with E-state index < -0.39 is 5.97 Å². The Balaban J connectivity index is 0.00000243. The van der Waals surface area contributed by atoms with E-state index in [4.69, 9.17) is 0 Å². The van der Waals surface area contributed by atoms with Crippen LogP contribution in [0.4, 0.5) is 5.82 Å². The number of nitrogens with one attached hydrogen (secondary N) is 2. The molecule has 0 radical (unpaired) electrons. The summed E-state index contributed by atoms with van der Waals surface area (Å²) >= 11 is 0. The van der Waals surface area contributed by atoms with Gasteiger partial charge in [-0.3, -0.25) is 4.79 Å². The highest BCUT2D eigenvalue weighted by atomic mass is 35.5. The number of ether oxygens (including phenoxy) is 1. The number of nitrogens with zero attached hydrogens (tertiary/aromatic N) is 1. The van der Waals surface area contributed by atoms with E-state index in [2.05, 4.69) is 20.4 Å². The second-order valence-corrected chi connectivity index (χ2v) is 6.14. The van der Waals surface area contributed by atoms with Gasteiger partial charge in [-0.05, 0) is 61.7 Å². The number of halogens is 1. The second kappa shape index (κ2) is 9.31. The monoisotopic (exact) mass is 375 g/mol. The average molecular weight is 376 g/mol. The number of pyridine rings is 1. The maximum atomic E-state index is 12.3. The Labute approximate surface area is 158 Å². The molecule has 0 saturated carbocycles. The molecule has 138 valence electrons. The lowest BCUT2D eigenvalue weighted by atomic mass is 9.98. The van der Waals surface area contributed by atoms with Crippen LogP contribution in [0.1, 0.15) is 32.7 Å². The maximum Gasteiger partial charge on any atom is 0.339 e. The second-order valence-electron chi connectivity index (χ2n) is 6.14. The molecule has 1 fully saturated rings. The van der Waals surface area contributed by atoms with Crippen molar-refractivity contribution in [3.8, 4) is 0 Å². The first-order chi connectivity index (χ1) is 12.2. The van der Waals surface area contributed by atoms with E-state index >= 15 is 0 Å². The van der Waals surface area contributed by atoms with Crippen LogP contribution in [-0.2, 0) is 11.2 Å². The van der Waals surface area contributed by atoms with Crippen molar-refractivity contribution in [2.24, 2.45) is 5.92 Å². The van der Waals surface area contributed by atoms with Gasteiger partial charge in [-0.15, -0.1) is 12.4 Å². The predicted octanol–water partition coefficient (Wildman–Crippen LogP) is 2.69. The van der Waals surface area contributed by atoms with E-state index in [9.17, 15) is 9.59 Å². The van der Waals surface area contributed by atoms with Crippen LogP contribution in [0.3, 0.4) is 0 Å². The fourth-order valence-electron chi connectivity index (χ4n) is 2.91. The number of methoxy groups -OCH3 is 1. The van der Waals surface area contributed by atoms with Gasteiger partial charge in [0.2, 0.25) is 0 Å². The van der Waals surface area contributed by atoms with Crippen LogP contribution in [0.15, 0.2) is 42.6 Å². The summed E-state index contributed by atoms with van der Waals surface area (Å²) in [5.41, 5.74) is 2.16. The molecule has 7 heteroatoms. The lowest BCUT2D eigenvalue weighted by Crippen LogP contribution is -2.14. The standard InChI is InChI=1S/C19H21N3O3.ClH/c1-25-19(24)16-6-7-17(21-12-16)22-18(23)15-4-2-13(3-5-15)10-14-8-9-20-11-14;/h2-7,12,14,20H,8-11H2,1H3,(H,21,22,23);1H. The number of esters is 1. The molecule has 1 amide bonds. The quantitative estimate of drug-likeness (QED) is 0.785. The molecule has 1 unspecified atom stereocenters. The summed E-state index contributed by atoms with van der Waals surface area (Å²) in [6.45, 7) is 2.16. The van der Waals surface area contributed by atoms with Crippen molar-refractivity contribution >= 4 is 30.1 Å². The molecule has 1 saturated heterocycles. The molecule has 0 spiro atoms. The molecule has 1 atom stereocenters. The van der Waals surface area contributed by atoms with Crippen molar-refractivity contribution in [2.75, 3.05) is 25.5 Å². The van der Waals surface area contributed by atoms with Crippen LogP contribution in [0.25, 0.3) is 0 Å². The van der Waals surface area contributed by atoms with Crippen molar-refractivity contribution < 1.29 is 14.3 Å². The summed E-state index contributed by atoms with van der Waals surface area (Å²) in [4.78, 5) is 27.7. The molecule has 1 aromatic carbocycles. The number of carbonyl (C=O) groups excluding carboxylic acids is 2. The fourth-order valence-corrected chi connectivity index (χ4v) is 2.91. The van der Waals surface area contributed by atoms with Crippen LogP contribution >= 0.6 is 12.4 Å². The maximum absolute atomic E-state index is 12.3. The number of carbonyl (C=O) groups is 2. The first kappa shape index (κ1) is 19.9. The average Bonchev–Trinajstić information content (AvgIpc) is 3.15. The van der Waals surface area contributed by atoms with Crippen molar-refractivity contribution in [2.45, 2.75) is 12.8 Å². The van der Waals surface area contributed by atoms with Crippen LogP contribution in [0.2, 0.25) is 0 Å². The zero-order valence-corrected chi connectivity index (χ0v) is 15.3. The number of rotatable bonds is 5. The van der Waals surface area contributed by atoms with Gasteiger partial charge in [0.25, 0.3) is 5.91 Å². The normalized spacial score (nSPS) is 15.8. The SMILES string of the molecule is COC(=O)c1ccc(NC(=O)c2ccc(CC3CCNC3)cc2)nc1.Cl. The van der Waals surface area contributed by atoms with Gasteiger partial charge in [0.05, 0.1) is 12.7 Å². The zero-order valence-electron chi connectivity index (χ0n) is 14.5. The minimum atomic E-state index is -0.460. The van der Waals surface area contributed by atoms with Crippen LogP contribution < -0.4 is 10.6 Å². The van der Waals surface area contributed by atoms with E-state index in [1.165, 1.54) is 25.3 Å². The molecule has 0 aliphatic carbocycles. The molecule has 1 aliphatic rings. The molecular formula is C19H22ClN3O3. The van der Waals surface area contributed by atoms with Gasteiger partial charge in [0.1, 0.15) is 5.82 Å². The third-order valence-corrected chi connectivity index (χ3v) is 4.33. The van der Waals surface area contributed by atoms with E-state index in [0.29, 0.717) is 22.9 Å². The third-order valence-electron chi connectivity index (χ3n) is 4.33. The van der Waals surface area contributed by atoms with E-state index in [1.54, 1.807) is 12.1 Å². The van der Waals surface area contributed by atoms with Gasteiger partial charge in [-0.2, -0.15) is 0 Å². The molecule has 1 aromatic heterocycles. The van der Waals surface area contributed by atoms with Crippen LogP contribution in [0.5, 0.6) is 0 Å². The number of hydrogen-bond donors (Lipinski definition) is 2. The minimum absolute atomic E-state index is 0. The van der Waals surface area contributed by atoms with E-state index in [1.807, 2.05) is 24.3 Å². The van der Waals surface area contributed by atoms with Gasteiger partial charge in [-0.1, -0.05) is 12.1 Å². The fraction of sp³-hybridized carbons (Fsp3) is 0.316. The number of amides is 1. The van der Waals surface area contributed by atoms with Crippen molar-refractivity contribution in [1.29, 1.82) is 0 Å². The van der Waals surface area contributed by atoms with Gasteiger partial charge in [-0.25, -0.2) is 9.78 Å². The predicted molar refractivity (Wildman–Crippen MR) is 102 cm³/mol. The topological polar surface area (TPSA) is 80.3 Å². The zero-order chi connectivity index (χ0) is 17.6. The van der Waals surface area contributed by atoms with E-state index in [0.717, 1.165) is 19.5 Å². The summed E-state index contributed by atoms with van der Waals surface area (Å²) in [6.07, 6.45) is 3.61. The number of anilines is 1. The largest absolute Gasteiger partial charge is 0.465 e. The van der Waals surface area contributed by atoms with Crippen LogP contribution in [-0.4, -0.2) is 37.1 Å². The molecule has 3 rings (SSSR count). The first-order valence-electron chi connectivity index (χ1n) is 8.31. The van der Waals surface area contributed by atoms with Gasteiger partial charge in [0.15, 0.2) is 0 Å². The highest BCUT2D eigenvalue weighted by Gasteiger charge is 2.15. The lowest BCUT2D eigenvalue weighted by molar-refractivity contribution is 0.0600. The molecule has 2 aromatic rings. The van der Waals surface area contributed by atoms with Crippen LogP contribution in [0, 0.1) is 5.92 Å². The lowest BCUT2D eigenvalue weighted by Gasteiger charge is -2.09. The van der Waals surface area contributed by atoms with Crippen molar-refractivity contribution in [3.63, 3.8) is 0 Å².